The summed E-state index contributed by atoms with van der Waals surface area (Å²) in [6.07, 6.45) is -2.17. The summed E-state index contributed by atoms with van der Waals surface area (Å²) in [5.74, 6) is 0. The van der Waals surface area contributed by atoms with Crippen molar-refractivity contribution in [2.24, 2.45) is 0 Å². The van der Waals surface area contributed by atoms with Crippen molar-refractivity contribution in [3.63, 3.8) is 0 Å². The number of benzene rings is 2. The molecule has 0 aliphatic rings. The number of hydrogen-bond acceptors (Lipinski definition) is 6. The molecule has 0 amide bonds. The van der Waals surface area contributed by atoms with Crippen LogP contribution in [0.25, 0.3) is 0 Å². The first-order valence-corrected chi connectivity index (χ1v) is 10.8. The van der Waals surface area contributed by atoms with Crippen LogP contribution in [0, 0.1) is 0 Å². The van der Waals surface area contributed by atoms with Crippen LogP contribution in [0.5, 0.6) is 0 Å². The summed E-state index contributed by atoms with van der Waals surface area (Å²) in [7, 11) is -6.46. The molecule has 0 saturated carbocycles. The molecule has 8 heteroatoms. The fourth-order valence-corrected chi connectivity index (χ4v) is 4.42. The molecule has 2 aromatic carbocycles. The molecular formula is C17H20O6P2. The molecule has 134 valence electrons. The molecule has 25 heavy (non-hydrogen) atoms. The quantitative estimate of drug-likeness (QED) is 0.621. The molecule has 1 atom stereocenters. The largest absolute Gasteiger partial charge is 0.392 e. The Hall–Kier alpha value is -1.55. The molecule has 1 unspecified atom stereocenters. The maximum absolute atomic E-state index is 13.0. The molecule has 1 N–H and O–H groups in total. The molecule has 2 aromatic rings. The molecule has 0 heterocycles. The van der Waals surface area contributed by atoms with Gasteiger partial charge in [0.2, 0.25) is 0 Å². The highest BCUT2D eigenvalue weighted by molar-refractivity contribution is 7.53. The van der Waals surface area contributed by atoms with Crippen molar-refractivity contribution in [2.45, 2.75) is 19.3 Å². The summed E-state index contributed by atoms with van der Waals surface area (Å²) in [5.41, 5.74) is 1.60. The van der Waals surface area contributed by atoms with Crippen LogP contribution in [0.4, 0.5) is 0 Å². The van der Waals surface area contributed by atoms with E-state index in [4.69, 9.17) is 9.05 Å². The highest BCUT2D eigenvalue weighted by Crippen LogP contribution is 2.50. The van der Waals surface area contributed by atoms with Crippen molar-refractivity contribution in [3.05, 3.63) is 71.8 Å². The minimum Gasteiger partial charge on any atom is -0.392 e. The predicted molar refractivity (Wildman–Crippen MR) is 94.1 cm³/mol. The number of hydrogen-bond donors (Lipinski definition) is 1. The van der Waals surface area contributed by atoms with Crippen LogP contribution in [0.2, 0.25) is 0 Å². The molecule has 0 bridgehead atoms. The van der Waals surface area contributed by atoms with E-state index in [1.54, 1.807) is 0 Å². The third kappa shape index (κ3) is 7.47. The highest BCUT2D eigenvalue weighted by Gasteiger charge is 2.29. The van der Waals surface area contributed by atoms with Gasteiger partial charge >= 0.3 is 15.3 Å². The Kier molecular flexibility index (Phi) is 7.76. The lowest BCUT2D eigenvalue weighted by Gasteiger charge is -2.20. The van der Waals surface area contributed by atoms with E-state index < -0.39 is 27.5 Å². The molecule has 6 nitrogen and oxygen atoms in total. The number of aliphatic hydroxyl groups is 1. The Morgan fingerprint density at radius 1 is 0.880 bits per heavy atom. The Labute approximate surface area is 147 Å². The molecule has 0 aliphatic heterocycles. The van der Waals surface area contributed by atoms with Crippen molar-refractivity contribution >= 4 is 15.3 Å². The van der Waals surface area contributed by atoms with Gasteiger partial charge in [-0.2, -0.15) is 0 Å². The average Bonchev–Trinajstić information content (AvgIpc) is 2.59. The van der Waals surface area contributed by atoms with Crippen molar-refractivity contribution < 1.29 is 27.8 Å². The smallest absolute Gasteiger partial charge is 0.333 e. The SMILES string of the molecule is O=P(=O)CC(O)CP(=O)(OCc1ccccc1)OCc1ccccc1. The second-order valence-electron chi connectivity index (χ2n) is 5.48. The summed E-state index contributed by atoms with van der Waals surface area (Å²) in [5, 5.41) is 9.83. The maximum atomic E-state index is 13.0. The summed E-state index contributed by atoms with van der Waals surface area (Å²) in [6.45, 7) is 0.0896. The Morgan fingerprint density at radius 3 is 1.72 bits per heavy atom. The first-order chi connectivity index (χ1) is 12.0. The van der Waals surface area contributed by atoms with E-state index in [0.717, 1.165) is 11.1 Å². The molecule has 0 radical (unpaired) electrons. The lowest BCUT2D eigenvalue weighted by Crippen LogP contribution is -2.17. The zero-order valence-electron chi connectivity index (χ0n) is 13.6. The van der Waals surface area contributed by atoms with Gasteiger partial charge in [0.25, 0.3) is 0 Å². The van der Waals surface area contributed by atoms with Crippen LogP contribution in [-0.2, 0) is 36.0 Å². The number of rotatable bonds is 10. The Bertz CT molecular complexity index is 706. The van der Waals surface area contributed by atoms with Crippen molar-refractivity contribution in [1.82, 2.24) is 0 Å². The molecule has 0 saturated heterocycles. The van der Waals surface area contributed by atoms with Gasteiger partial charge in [0, 0.05) is 0 Å². The van der Waals surface area contributed by atoms with Crippen LogP contribution in [0.15, 0.2) is 60.7 Å². The van der Waals surface area contributed by atoms with Crippen LogP contribution < -0.4 is 0 Å². The normalized spacial score (nSPS) is 12.7. The zero-order valence-corrected chi connectivity index (χ0v) is 15.4. The van der Waals surface area contributed by atoms with Crippen LogP contribution in [-0.4, -0.2) is 23.5 Å². The Balaban J connectivity index is 2.04. The van der Waals surface area contributed by atoms with Gasteiger partial charge in [-0.1, -0.05) is 60.7 Å². The van der Waals surface area contributed by atoms with Gasteiger partial charge in [-0.05, 0) is 11.1 Å². The second kappa shape index (κ2) is 9.81. The topological polar surface area (TPSA) is 89.9 Å². The van der Waals surface area contributed by atoms with Gasteiger partial charge < -0.3 is 14.2 Å². The van der Waals surface area contributed by atoms with Crippen molar-refractivity contribution in [2.75, 3.05) is 12.3 Å². The minimum atomic E-state index is -3.68. The van der Waals surface area contributed by atoms with Gasteiger partial charge in [0.15, 0.2) is 0 Å². The minimum absolute atomic E-state index is 0.0448. The molecular weight excluding hydrogens is 362 g/mol. The molecule has 0 aromatic heterocycles. The molecule has 2 rings (SSSR count). The van der Waals surface area contributed by atoms with Crippen LogP contribution in [0.3, 0.4) is 0 Å². The predicted octanol–water partition coefficient (Wildman–Crippen LogP) is 4.15. The summed E-state index contributed by atoms with van der Waals surface area (Å²) in [6, 6.07) is 18.2. The summed E-state index contributed by atoms with van der Waals surface area (Å²) >= 11 is 0. The fraction of sp³-hybridized carbons (Fsp3) is 0.294. The van der Waals surface area contributed by atoms with E-state index in [1.165, 1.54) is 0 Å². The second-order valence-corrected chi connectivity index (χ2v) is 8.61. The van der Waals surface area contributed by atoms with Gasteiger partial charge in [0.1, 0.15) is 0 Å². The first kappa shape index (κ1) is 19.8. The molecule has 0 spiro atoms. The third-order valence-corrected chi connectivity index (χ3v) is 5.97. The van der Waals surface area contributed by atoms with E-state index in [2.05, 4.69) is 0 Å². The van der Waals surface area contributed by atoms with Gasteiger partial charge in [-0.15, -0.1) is 0 Å². The van der Waals surface area contributed by atoms with E-state index in [9.17, 15) is 18.8 Å². The highest BCUT2D eigenvalue weighted by atomic mass is 31.2. The van der Waals surface area contributed by atoms with Gasteiger partial charge in [-0.3, -0.25) is 4.57 Å². The van der Waals surface area contributed by atoms with E-state index in [1.807, 2.05) is 60.7 Å². The standard InChI is InChI=1S/C17H20O6P2/c18-17(13-24(19)20)14-25(21,22-11-15-7-3-1-4-8-15)23-12-16-9-5-2-6-10-16/h1-10,17-18H,11-14H2. The summed E-state index contributed by atoms with van der Waals surface area (Å²) in [4.78, 5) is 0. The fourth-order valence-electron chi connectivity index (χ4n) is 2.12. The number of aliphatic hydroxyl groups excluding tert-OH is 1. The maximum Gasteiger partial charge on any atom is 0.333 e. The van der Waals surface area contributed by atoms with Crippen molar-refractivity contribution in [3.8, 4) is 0 Å². The first-order valence-electron chi connectivity index (χ1n) is 7.73. The molecule has 0 aliphatic carbocycles. The van der Waals surface area contributed by atoms with E-state index in [0.29, 0.717) is 0 Å². The third-order valence-electron chi connectivity index (χ3n) is 3.34. The van der Waals surface area contributed by atoms with E-state index in [-0.39, 0.29) is 19.4 Å². The average molecular weight is 382 g/mol. The van der Waals surface area contributed by atoms with E-state index >= 15 is 0 Å². The zero-order chi connectivity index (χ0) is 18.1. The van der Waals surface area contributed by atoms with Gasteiger partial charge in [-0.25, -0.2) is 9.13 Å². The monoisotopic (exact) mass is 382 g/mol. The van der Waals surface area contributed by atoms with Gasteiger partial charge in [0.05, 0.1) is 31.6 Å². The molecule has 0 fully saturated rings. The lowest BCUT2D eigenvalue weighted by molar-refractivity contribution is 0.165. The lowest BCUT2D eigenvalue weighted by atomic mass is 10.2. The Morgan fingerprint density at radius 2 is 1.32 bits per heavy atom. The van der Waals surface area contributed by atoms with Crippen LogP contribution in [0.1, 0.15) is 11.1 Å². The van der Waals surface area contributed by atoms with Crippen molar-refractivity contribution in [1.29, 1.82) is 0 Å². The summed E-state index contributed by atoms with van der Waals surface area (Å²) < 4.78 is 45.4. The van der Waals surface area contributed by atoms with Crippen LogP contribution >= 0.6 is 15.3 Å².